The van der Waals surface area contributed by atoms with E-state index in [0.29, 0.717) is 12.8 Å². The van der Waals surface area contributed by atoms with Crippen LogP contribution in [-0.2, 0) is 14.3 Å². The largest absolute Gasteiger partial charge is 0.478 e. The summed E-state index contributed by atoms with van der Waals surface area (Å²) in [5.74, 6) is -1.42. The molecule has 0 aromatic rings. The van der Waals surface area contributed by atoms with Gasteiger partial charge in [0.1, 0.15) is 5.60 Å². The fraction of sp³-hybridized carbons (Fsp3) is 0.750. The minimum Gasteiger partial charge on any atom is -0.478 e. The van der Waals surface area contributed by atoms with Gasteiger partial charge in [-0.1, -0.05) is 13.3 Å². The molecule has 1 unspecified atom stereocenters. The summed E-state index contributed by atoms with van der Waals surface area (Å²) in [6.07, 6.45) is 1.42. The van der Waals surface area contributed by atoms with E-state index in [2.05, 4.69) is 10.3 Å². The van der Waals surface area contributed by atoms with Crippen molar-refractivity contribution in [3.8, 4) is 0 Å². The van der Waals surface area contributed by atoms with Crippen LogP contribution in [0.1, 0.15) is 47.0 Å². The van der Waals surface area contributed by atoms with Crippen LogP contribution >= 0.6 is 0 Å². The van der Waals surface area contributed by atoms with Gasteiger partial charge >= 0.3 is 12.1 Å². The van der Waals surface area contributed by atoms with Crippen LogP contribution in [0, 0.1) is 0 Å². The molecule has 0 aliphatic rings. The van der Waals surface area contributed by atoms with Gasteiger partial charge in [0.05, 0.1) is 0 Å². The van der Waals surface area contributed by atoms with Crippen molar-refractivity contribution in [3.63, 3.8) is 0 Å². The highest BCUT2D eigenvalue weighted by Crippen LogP contribution is 2.18. The molecule has 0 aromatic heterocycles. The number of ether oxygens (including phenoxy) is 1. The number of isocyanates is 1. The lowest BCUT2D eigenvalue weighted by Crippen LogP contribution is -2.54. The molecule has 0 rings (SSSR count). The zero-order chi connectivity index (χ0) is 15.1. The highest BCUT2D eigenvalue weighted by atomic mass is 16.6. The van der Waals surface area contributed by atoms with E-state index < -0.39 is 23.3 Å². The molecule has 0 saturated heterocycles. The molecule has 7 nitrogen and oxygen atoms in total. The van der Waals surface area contributed by atoms with Gasteiger partial charge in [0, 0.05) is 6.42 Å². The first-order valence-corrected chi connectivity index (χ1v) is 6.00. The number of nitrogens with one attached hydrogen (secondary N) is 1. The van der Waals surface area contributed by atoms with Crippen molar-refractivity contribution in [2.24, 2.45) is 4.99 Å². The third-order valence-corrected chi connectivity index (χ3v) is 2.19. The maximum Gasteiger partial charge on any atom is 0.410 e. The van der Waals surface area contributed by atoms with Gasteiger partial charge in [0.15, 0.2) is 0 Å². The van der Waals surface area contributed by atoms with E-state index in [0.717, 1.165) is 0 Å². The van der Waals surface area contributed by atoms with E-state index in [9.17, 15) is 19.5 Å². The summed E-state index contributed by atoms with van der Waals surface area (Å²) in [6.45, 7) is 6.78. The van der Waals surface area contributed by atoms with E-state index in [1.807, 2.05) is 6.92 Å². The summed E-state index contributed by atoms with van der Waals surface area (Å²) >= 11 is 0. The predicted molar refractivity (Wildman–Crippen MR) is 67.4 cm³/mol. The Labute approximate surface area is 112 Å². The fourth-order valence-corrected chi connectivity index (χ4v) is 1.34. The lowest BCUT2D eigenvalue weighted by atomic mass is 10.0. The average molecular weight is 272 g/mol. The summed E-state index contributed by atoms with van der Waals surface area (Å²) in [6, 6.07) is 0. The molecule has 0 radical (unpaired) electrons. The molecule has 0 bridgehead atoms. The van der Waals surface area contributed by atoms with Crippen LogP contribution < -0.4 is 5.32 Å². The number of aliphatic imine (C=N–C) groups is 1. The minimum atomic E-state index is -2.01. The Morgan fingerprint density at radius 2 is 1.95 bits per heavy atom. The molecule has 0 fully saturated rings. The highest BCUT2D eigenvalue weighted by molar-refractivity contribution is 5.85. The van der Waals surface area contributed by atoms with Crippen LogP contribution in [0.4, 0.5) is 4.79 Å². The normalized spacial score (nSPS) is 13.9. The molecule has 0 spiro atoms. The molecular weight excluding hydrogens is 252 g/mol. The number of rotatable bonds is 6. The van der Waals surface area contributed by atoms with E-state index >= 15 is 0 Å². The van der Waals surface area contributed by atoms with Crippen LogP contribution in [0.5, 0.6) is 0 Å². The fourth-order valence-electron chi connectivity index (χ4n) is 1.34. The van der Waals surface area contributed by atoms with Crippen molar-refractivity contribution in [1.29, 1.82) is 0 Å². The van der Waals surface area contributed by atoms with Gasteiger partial charge in [-0.2, -0.15) is 4.99 Å². The minimum absolute atomic E-state index is 0.00663. The molecule has 1 atom stereocenters. The summed E-state index contributed by atoms with van der Waals surface area (Å²) in [7, 11) is 0. The van der Waals surface area contributed by atoms with Gasteiger partial charge in [0.2, 0.25) is 11.7 Å². The number of carboxylic acids is 1. The molecule has 1 amide bonds. The van der Waals surface area contributed by atoms with E-state index in [1.165, 1.54) is 6.08 Å². The second-order valence-electron chi connectivity index (χ2n) is 5.10. The van der Waals surface area contributed by atoms with Crippen LogP contribution in [0.25, 0.3) is 0 Å². The first-order valence-electron chi connectivity index (χ1n) is 6.00. The maximum atomic E-state index is 11.6. The van der Waals surface area contributed by atoms with Gasteiger partial charge in [0.25, 0.3) is 0 Å². The Balaban J connectivity index is 5.08. The van der Waals surface area contributed by atoms with Crippen LogP contribution in [0.2, 0.25) is 0 Å². The molecule has 0 heterocycles. The number of carbonyl (C=O) groups is 2. The second kappa shape index (κ2) is 6.89. The van der Waals surface area contributed by atoms with Gasteiger partial charge < -0.3 is 9.84 Å². The standard InChI is InChI=1S/C12H20N2O5/c1-5-6-7-12(9(16)17,13-8-15)14-10(18)19-11(2,3)4/h5-7H2,1-4H3,(H,14,18)(H,16,17). The Bertz CT molecular complexity index is 378. The number of carboxylic acid groups (broad SMARTS) is 1. The van der Waals surface area contributed by atoms with Crippen molar-refractivity contribution in [2.75, 3.05) is 0 Å². The third-order valence-electron chi connectivity index (χ3n) is 2.19. The Morgan fingerprint density at radius 3 is 2.32 bits per heavy atom. The molecule has 19 heavy (non-hydrogen) atoms. The summed E-state index contributed by atoms with van der Waals surface area (Å²) in [5, 5.41) is 11.3. The van der Waals surface area contributed by atoms with E-state index in [-0.39, 0.29) is 6.42 Å². The number of nitrogens with zero attached hydrogens (tertiary/aromatic N) is 1. The van der Waals surface area contributed by atoms with Crippen molar-refractivity contribution in [3.05, 3.63) is 0 Å². The Morgan fingerprint density at radius 1 is 1.37 bits per heavy atom. The summed E-state index contributed by atoms with van der Waals surface area (Å²) < 4.78 is 4.97. The molecule has 0 aliphatic carbocycles. The SMILES string of the molecule is CCCCC(N=C=O)(NC(=O)OC(C)(C)C)C(=O)O. The lowest BCUT2D eigenvalue weighted by molar-refractivity contribution is -0.144. The monoisotopic (exact) mass is 272 g/mol. The topological polar surface area (TPSA) is 105 Å². The molecular formula is C12H20N2O5. The number of hydrogen-bond donors (Lipinski definition) is 2. The quantitative estimate of drug-likeness (QED) is 0.566. The van der Waals surface area contributed by atoms with Crippen molar-refractivity contribution in [2.45, 2.75) is 58.2 Å². The number of carbonyl (C=O) groups excluding carboxylic acids is 2. The Hall–Kier alpha value is -1.88. The average Bonchev–Trinajstić information content (AvgIpc) is 2.23. The molecule has 2 N–H and O–H groups in total. The van der Waals surface area contributed by atoms with Crippen LogP contribution in [-0.4, -0.2) is 34.5 Å². The smallest absolute Gasteiger partial charge is 0.410 e. The number of hydrogen-bond acceptors (Lipinski definition) is 5. The summed E-state index contributed by atoms with van der Waals surface area (Å²) in [5.41, 5.74) is -2.79. The van der Waals surface area contributed by atoms with E-state index in [4.69, 9.17) is 4.74 Å². The number of unbranched alkanes of at least 4 members (excludes halogenated alkanes) is 1. The molecule has 0 saturated carbocycles. The van der Waals surface area contributed by atoms with E-state index in [1.54, 1.807) is 20.8 Å². The zero-order valence-corrected chi connectivity index (χ0v) is 11.6. The van der Waals surface area contributed by atoms with Crippen molar-refractivity contribution >= 4 is 18.1 Å². The van der Waals surface area contributed by atoms with Gasteiger partial charge in [-0.3, -0.25) is 5.32 Å². The van der Waals surface area contributed by atoms with Crippen molar-refractivity contribution < 1.29 is 24.2 Å². The molecule has 108 valence electrons. The molecule has 7 heteroatoms. The maximum absolute atomic E-state index is 11.6. The van der Waals surface area contributed by atoms with Crippen molar-refractivity contribution in [1.82, 2.24) is 5.32 Å². The van der Waals surface area contributed by atoms with Gasteiger partial charge in [-0.15, -0.1) is 0 Å². The third kappa shape index (κ3) is 6.01. The van der Waals surface area contributed by atoms with Gasteiger partial charge in [-0.25, -0.2) is 14.4 Å². The highest BCUT2D eigenvalue weighted by Gasteiger charge is 2.41. The number of alkyl carbamates (subject to hydrolysis) is 1. The first-order chi connectivity index (χ1) is 8.67. The zero-order valence-electron chi connectivity index (χ0n) is 11.6. The van der Waals surface area contributed by atoms with Crippen LogP contribution in [0.3, 0.4) is 0 Å². The number of aliphatic carboxylic acids is 1. The Kier molecular flexibility index (Phi) is 6.21. The lowest BCUT2D eigenvalue weighted by Gasteiger charge is -2.27. The number of amides is 1. The predicted octanol–water partition coefficient (Wildman–Crippen LogP) is 1.82. The van der Waals surface area contributed by atoms with Gasteiger partial charge in [-0.05, 0) is 27.2 Å². The molecule has 0 aromatic carbocycles. The first kappa shape index (κ1) is 17.1. The summed E-state index contributed by atoms with van der Waals surface area (Å²) in [4.78, 5) is 36.6. The second-order valence-corrected chi connectivity index (χ2v) is 5.10. The molecule has 0 aliphatic heterocycles. The van der Waals surface area contributed by atoms with Crippen LogP contribution in [0.15, 0.2) is 4.99 Å².